The van der Waals surface area contributed by atoms with Crippen molar-refractivity contribution in [2.75, 3.05) is 13.1 Å². The van der Waals surface area contributed by atoms with Crippen LogP contribution in [0, 0.1) is 11.7 Å². The lowest BCUT2D eigenvalue weighted by Gasteiger charge is -2.47. The molecule has 1 saturated heterocycles. The van der Waals surface area contributed by atoms with Crippen molar-refractivity contribution >= 4 is 10.0 Å². The Morgan fingerprint density at radius 3 is 2.39 bits per heavy atom. The van der Waals surface area contributed by atoms with Crippen molar-refractivity contribution in [3.05, 3.63) is 30.1 Å². The smallest absolute Gasteiger partial charge is 0.246 e. The molecule has 1 fully saturated rings. The topological polar surface area (TPSA) is 57.6 Å². The van der Waals surface area contributed by atoms with E-state index >= 15 is 0 Å². The van der Waals surface area contributed by atoms with E-state index in [1.807, 2.05) is 13.8 Å². The molecule has 0 spiro atoms. The second kappa shape index (κ2) is 4.29. The summed E-state index contributed by atoms with van der Waals surface area (Å²) in [7, 11) is -3.84. The van der Waals surface area contributed by atoms with E-state index in [0.717, 1.165) is 10.4 Å². The van der Waals surface area contributed by atoms with Gasteiger partial charge in [-0.3, -0.25) is 0 Å². The minimum absolute atomic E-state index is 0.0152. The van der Waals surface area contributed by atoms with Gasteiger partial charge in [0.15, 0.2) is 0 Å². The number of hydrogen-bond donors (Lipinski definition) is 1. The van der Waals surface area contributed by atoms with Crippen LogP contribution in [0.1, 0.15) is 13.8 Å². The fourth-order valence-electron chi connectivity index (χ4n) is 1.89. The van der Waals surface area contributed by atoms with Crippen molar-refractivity contribution in [2.24, 2.45) is 5.92 Å². The van der Waals surface area contributed by atoms with Gasteiger partial charge in [0.2, 0.25) is 10.0 Å². The predicted molar refractivity (Wildman–Crippen MR) is 64.9 cm³/mol. The fourth-order valence-corrected chi connectivity index (χ4v) is 3.52. The van der Waals surface area contributed by atoms with Crippen molar-refractivity contribution in [3.8, 4) is 0 Å². The lowest BCUT2D eigenvalue weighted by Crippen LogP contribution is -2.65. The third-order valence-electron chi connectivity index (χ3n) is 3.43. The summed E-state index contributed by atoms with van der Waals surface area (Å²) >= 11 is 0. The van der Waals surface area contributed by atoms with Gasteiger partial charge in [-0.05, 0) is 18.1 Å². The Kier molecular flexibility index (Phi) is 3.21. The van der Waals surface area contributed by atoms with Crippen LogP contribution in [0.3, 0.4) is 0 Å². The zero-order chi connectivity index (χ0) is 13.6. The van der Waals surface area contributed by atoms with Crippen LogP contribution in [0.15, 0.2) is 29.2 Å². The van der Waals surface area contributed by atoms with Gasteiger partial charge in [0.1, 0.15) is 10.7 Å². The summed E-state index contributed by atoms with van der Waals surface area (Å²) in [4.78, 5) is -0.337. The fraction of sp³-hybridized carbons (Fsp3) is 0.500. The number of halogens is 1. The van der Waals surface area contributed by atoms with Gasteiger partial charge in [-0.15, -0.1) is 0 Å². The quantitative estimate of drug-likeness (QED) is 0.900. The first-order valence-corrected chi connectivity index (χ1v) is 7.18. The van der Waals surface area contributed by atoms with Gasteiger partial charge in [0, 0.05) is 13.1 Å². The van der Waals surface area contributed by atoms with Crippen LogP contribution in [0.5, 0.6) is 0 Å². The van der Waals surface area contributed by atoms with E-state index in [0.29, 0.717) is 0 Å². The molecule has 1 heterocycles. The van der Waals surface area contributed by atoms with E-state index in [9.17, 15) is 17.9 Å². The zero-order valence-corrected chi connectivity index (χ0v) is 11.1. The van der Waals surface area contributed by atoms with Crippen LogP contribution < -0.4 is 0 Å². The molecule has 0 aromatic heterocycles. The standard InChI is InChI=1S/C12H16FNO3S/c1-9(2)12(15)7-14(8-12)18(16,17)11-6-4-3-5-10(11)13/h3-6,9,15H,7-8H2,1-2H3. The summed E-state index contributed by atoms with van der Waals surface area (Å²) in [5, 5.41) is 10.0. The summed E-state index contributed by atoms with van der Waals surface area (Å²) in [5.41, 5.74) is -1.00. The first-order chi connectivity index (χ1) is 8.27. The van der Waals surface area contributed by atoms with Gasteiger partial charge in [-0.25, -0.2) is 12.8 Å². The first-order valence-electron chi connectivity index (χ1n) is 5.74. The highest BCUT2D eigenvalue weighted by atomic mass is 32.2. The molecule has 0 unspecified atom stereocenters. The van der Waals surface area contributed by atoms with Gasteiger partial charge in [0.25, 0.3) is 0 Å². The molecule has 0 atom stereocenters. The Bertz CT molecular complexity index is 550. The molecule has 2 rings (SSSR count). The maximum absolute atomic E-state index is 13.5. The zero-order valence-electron chi connectivity index (χ0n) is 10.3. The van der Waals surface area contributed by atoms with Gasteiger partial charge in [-0.1, -0.05) is 26.0 Å². The molecule has 0 radical (unpaired) electrons. The predicted octanol–water partition coefficient (Wildman–Crippen LogP) is 1.22. The Hall–Kier alpha value is -0.980. The van der Waals surface area contributed by atoms with Gasteiger partial charge < -0.3 is 5.11 Å². The number of aliphatic hydroxyl groups is 1. The Morgan fingerprint density at radius 1 is 1.33 bits per heavy atom. The first kappa shape index (κ1) is 13.5. The Labute approximate surface area is 106 Å². The second-order valence-electron chi connectivity index (χ2n) is 4.96. The Morgan fingerprint density at radius 2 is 1.89 bits per heavy atom. The van der Waals surface area contributed by atoms with Crippen molar-refractivity contribution in [3.63, 3.8) is 0 Å². The maximum Gasteiger partial charge on any atom is 0.246 e. The van der Waals surface area contributed by atoms with Crippen molar-refractivity contribution in [1.29, 1.82) is 0 Å². The normalized spacial score (nSPS) is 19.8. The highest BCUT2D eigenvalue weighted by Gasteiger charge is 2.49. The third-order valence-corrected chi connectivity index (χ3v) is 5.25. The molecular weight excluding hydrogens is 257 g/mol. The molecule has 6 heteroatoms. The summed E-state index contributed by atoms with van der Waals surface area (Å²) < 4.78 is 38.8. The molecule has 0 amide bonds. The van der Waals surface area contributed by atoms with E-state index in [1.54, 1.807) is 0 Å². The minimum Gasteiger partial charge on any atom is -0.387 e. The van der Waals surface area contributed by atoms with Crippen LogP contribution in [-0.4, -0.2) is 36.5 Å². The molecule has 0 aliphatic carbocycles. The van der Waals surface area contributed by atoms with Crippen LogP contribution in [0.25, 0.3) is 0 Å². The van der Waals surface area contributed by atoms with Gasteiger partial charge >= 0.3 is 0 Å². The molecule has 0 saturated carbocycles. The molecule has 4 nitrogen and oxygen atoms in total. The molecule has 100 valence electrons. The van der Waals surface area contributed by atoms with Crippen LogP contribution in [-0.2, 0) is 10.0 Å². The van der Waals surface area contributed by atoms with Crippen LogP contribution >= 0.6 is 0 Å². The Balaban J connectivity index is 2.24. The number of benzene rings is 1. The SMILES string of the molecule is CC(C)C1(O)CN(S(=O)(=O)c2ccccc2F)C1. The molecular formula is C12H16FNO3S. The monoisotopic (exact) mass is 273 g/mol. The van der Waals surface area contributed by atoms with Crippen molar-refractivity contribution in [2.45, 2.75) is 24.3 Å². The highest BCUT2D eigenvalue weighted by molar-refractivity contribution is 7.89. The third kappa shape index (κ3) is 2.04. The van der Waals surface area contributed by atoms with Crippen molar-refractivity contribution in [1.82, 2.24) is 4.31 Å². The average molecular weight is 273 g/mol. The molecule has 1 aromatic carbocycles. The van der Waals surface area contributed by atoms with Crippen LogP contribution in [0.4, 0.5) is 4.39 Å². The summed E-state index contributed by atoms with van der Waals surface area (Å²) in [6.45, 7) is 3.68. The van der Waals surface area contributed by atoms with E-state index in [1.165, 1.54) is 18.2 Å². The largest absolute Gasteiger partial charge is 0.387 e. The minimum atomic E-state index is -3.84. The molecule has 1 aromatic rings. The molecule has 0 bridgehead atoms. The summed E-state index contributed by atoms with van der Waals surface area (Å²) in [6, 6.07) is 5.26. The lowest BCUT2D eigenvalue weighted by atomic mass is 9.85. The number of sulfonamides is 1. The number of β-amino-alcohol motifs (C(OH)–C–C–N with tert-alkyl or cyclic N) is 1. The van der Waals surface area contributed by atoms with Gasteiger partial charge in [-0.2, -0.15) is 4.31 Å². The maximum atomic E-state index is 13.5. The second-order valence-corrected chi connectivity index (χ2v) is 6.87. The molecule has 1 aliphatic rings. The van der Waals surface area contributed by atoms with E-state index in [-0.39, 0.29) is 23.9 Å². The molecule has 1 N–H and O–H groups in total. The van der Waals surface area contributed by atoms with E-state index < -0.39 is 21.4 Å². The number of rotatable bonds is 3. The average Bonchev–Trinajstić information content (AvgIpc) is 2.24. The van der Waals surface area contributed by atoms with Crippen molar-refractivity contribution < 1.29 is 17.9 Å². The molecule has 18 heavy (non-hydrogen) atoms. The molecule has 1 aliphatic heterocycles. The van der Waals surface area contributed by atoms with E-state index in [2.05, 4.69) is 0 Å². The summed E-state index contributed by atoms with van der Waals surface area (Å²) in [6.07, 6.45) is 0. The highest BCUT2D eigenvalue weighted by Crippen LogP contribution is 2.33. The van der Waals surface area contributed by atoms with Crippen LogP contribution in [0.2, 0.25) is 0 Å². The number of hydrogen-bond acceptors (Lipinski definition) is 3. The van der Waals surface area contributed by atoms with Gasteiger partial charge in [0.05, 0.1) is 5.60 Å². The lowest BCUT2D eigenvalue weighted by molar-refractivity contribution is -0.0933. The van der Waals surface area contributed by atoms with E-state index in [4.69, 9.17) is 0 Å². The summed E-state index contributed by atoms with van der Waals surface area (Å²) in [5.74, 6) is -0.804. The number of nitrogens with zero attached hydrogens (tertiary/aromatic N) is 1.